The van der Waals surface area contributed by atoms with Gasteiger partial charge >= 0.3 is 0 Å². The van der Waals surface area contributed by atoms with Gasteiger partial charge in [-0.1, -0.05) is 13.5 Å². The van der Waals surface area contributed by atoms with Crippen molar-refractivity contribution in [3.8, 4) is 0 Å². The predicted molar refractivity (Wildman–Crippen MR) is 85.5 cm³/mol. The zero-order chi connectivity index (χ0) is 16.0. The highest BCUT2D eigenvalue weighted by Crippen LogP contribution is 2.17. The van der Waals surface area contributed by atoms with Gasteiger partial charge in [0.25, 0.3) is 0 Å². The molecule has 1 aliphatic rings. The maximum absolute atomic E-state index is 6.15. The summed E-state index contributed by atoms with van der Waals surface area (Å²) in [5.41, 5.74) is 0.852. The molecule has 0 bridgehead atoms. The van der Waals surface area contributed by atoms with Gasteiger partial charge in [0.05, 0.1) is 0 Å². The third-order valence-corrected chi connectivity index (χ3v) is 2.93. The molecule has 6 heteroatoms. The van der Waals surface area contributed by atoms with Gasteiger partial charge in [0, 0.05) is 17.8 Å². The van der Waals surface area contributed by atoms with E-state index in [2.05, 4.69) is 55.5 Å². The zero-order valence-corrected chi connectivity index (χ0v) is 14.2. The SMILES string of the molecule is C=C(C)NC1OC(NC(C)C)C(NC(C)C)OC1NCC. The van der Waals surface area contributed by atoms with Crippen LogP contribution in [0.25, 0.3) is 0 Å². The standard InChI is InChI=1S/C15H32N4O2/c1-8-16-12-13(17-9(2)3)21-15(19-11(6)7)14(20-12)18-10(4)5/h10-19H,2,8H2,1,3-7H3. The molecule has 0 spiro atoms. The van der Waals surface area contributed by atoms with E-state index in [0.717, 1.165) is 12.2 Å². The summed E-state index contributed by atoms with van der Waals surface area (Å²) in [6.07, 6.45) is -0.934. The first-order valence-corrected chi connectivity index (χ1v) is 7.82. The van der Waals surface area contributed by atoms with Crippen molar-refractivity contribution in [2.75, 3.05) is 6.54 Å². The first-order valence-electron chi connectivity index (χ1n) is 7.82. The summed E-state index contributed by atoms with van der Waals surface area (Å²) in [6, 6.07) is 0.610. The van der Waals surface area contributed by atoms with Crippen LogP contribution in [0.1, 0.15) is 41.5 Å². The summed E-state index contributed by atoms with van der Waals surface area (Å²) in [4.78, 5) is 0. The van der Waals surface area contributed by atoms with E-state index in [1.54, 1.807) is 0 Å². The molecule has 0 radical (unpaired) electrons. The molecule has 1 rings (SSSR count). The Morgan fingerprint density at radius 2 is 1.43 bits per heavy atom. The van der Waals surface area contributed by atoms with E-state index >= 15 is 0 Å². The molecular weight excluding hydrogens is 268 g/mol. The maximum Gasteiger partial charge on any atom is 0.169 e. The van der Waals surface area contributed by atoms with Crippen molar-refractivity contribution >= 4 is 0 Å². The van der Waals surface area contributed by atoms with E-state index in [4.69, 9.17) is 9.47 Å². The highest BCUT2D eigenvalue weighted by molar-refractivity contribution is 4.91. The number of hydrogen-bond acceptors (Lipinski definition) is 6. The Balaban J connectivity index is 2.81. The molecule has 0 aromatic carbocycles. The quantitative estimate of drug-likeness (QED) is 0.538. The average molecular weight is 300 g/mol. The molecule has 1 heterocycles. The van der Waals surface area contributed by atoms with Crippen LogP contribution >= 0.6 is 0 Å². The van der Waals surface area contributed by atoms with Gasteiger partial charge in [0.2, 0.25) is 0 Å². The molecule has 0 aromatic rings. The summed E-state index contributed by atoms with van der Waals surface area (Å²) in [5.74, 6) is 0. The third kappa shape index (κ3) is 6.32. The van der Waals surface area contributed by atoms with Crippen molar-refractivity contribution in [2.24, 2.45) is 0 Å². The van der Waals surface area contributed by atoms with Gasteiger partial charge in [-0.05, 0) is 41.2 Å². The van der Waals surface area contributed by atoms with Crippen molar-refractivity contribution in [1.29, 1.82) is 0 Å². The molecular formula is C15H32N4O2. The highest BCUT2D eigenvalue weighted by atomic mass is 16.6. The van der Waals surface area contributed by atoms with E-state index in [1.165, 1.54) is 0 Å². The normalized spacial score (nSPS) is 29.9. The summed E-state index contributed by atoms with van der Waals surface area (Å²) < 4.78 is 12.3. The zero-order valence-electron chi connectivity index (χ0n) is 14.2. The molecule has 0 aromatic heterocycles. The van der Waals surface area contributed by atoms with Crippen LogP contribution in [-0.2, 0) is 9.47 Å². The molecule has 124 valence electrons. The predicted octanol–water partition coefficient (Wildman–Crippen LogP) is 1.07. The molecule has 1 aliphatic heterocycles. The van der Waals surface area contributed by atoms with Crippen LogP contribution in [0.4, 0.5) is 0 Å². The Labute approximate surface area is 129 Å². The van der Waals surface area contributed by atoms with Crippen LogP contribution in [-0.4, -0.2) is 43.5 Å². The van der Waals surface area contributed by atoms with Gasteiger partial charge in [0.1, 0.15) is 0 Å². The lowest BCUT2D eigenvalue weighted by Gasteiger charge is -2.44. The smallest absolute Gasteiger partial charge is 0.169 e. The largest absolute Gasteiger partial charge is 0.361 e. The first-order chi connectivity index (χ1) is 9.83. The minimum Gasteiger partial charge on any atom is -0.361 e. The summed E-state index contributed by atoms with van der Waals surface area (Å²) in [7, 11) is 0. The van der Waals surface area contributed by atoms with Gasteiger partial charge in [-0.25, -0.2) is 0 Å². The van der Waals surface area contributed by atoms with Gasteiger partial charge in [-0.2, -0.15) is 0 Å². The lowest BCUT2D eigenvalue weighted by Crippen LogP contribution is -2.67. The van der Waals surface area contributed by atoms with Crippen molar-refractivity contribution in [3.05, 3.63) is 12.3 Å². The van der Waals surface area contributed by atoms with Crippen molar-refractivity contribution < 1.29 is 9.47 Å². The van der Waals surface area contributed by atoms with Gasteiger partial charge in [-0.15, -0.1) is 0 Å². The molecule has 0 amide bonds. The fourth-order valence-electron chi connectivity index (χ4n) is 2.22. The molecule has 1 fully saturated rings. The van der Waals surface area contributed by atoms with Gasteiger partial charge in [0.15, 0.2) is 24.9 Å². The number of rotatable bonds is 8. The van der Waals surface area contributed by atoms with E-state index < -0.39 is 0 Å². The molecule has 0 saturated carbocycles. The van der Waals surface area contributed by atoms with Crippen LogP contribution in [0.5, 0.6) is 0 Å². The topological polar surface area (TPSA) is 66.6 Å². The van der Waals surface area contributed by atoms with Crippen LogP contribution < -0.4 is 21.3 Å². The molecule has 0 aliphatic carbocycles. The molecule has 4 unspecified atom stereocenters. The molecule has 4 atom stereocenters. The minimum absolute atomic E-state index is 0.209. The summed E-state index contributed by atoms with van der Waals surface area (Å²) in [6.45, 7) is 17.0. The highest BCUT2D eigenvalue weighted by Gasteiger charge is 2.38. The summed E-state index contributed by atoms with van der Waals surface area (Å²) >= 11 is 0. The van der Waals surface area contributed by atoms with Crippen LogP contribution in [0.3, 0.4) is 0 Å². The molecule has 1 saturated heterocycles. The third-order valence-electron chi connectivity index (χ3n) is 2.93. The van der Waals surface area contributed by atoms with Crippen molar-refractivity contribution in [3.63, 3.8) is 0 Å². The Kier molecular flexibility index (Phi) is 7.62. The molecule has 4 N–H and O–H groups in total. The second-order valence-corrected chi connectivity index (χ2v) is 6.08. The van der Waals surface area contributed by atoms with Crippen LogP contribution in [0.15, 0.2) is 12.3 Å². The Bertz CT molecular complexity index is 323. The minimum atomic E-state index is -0.274. The van der Waals surface area contributed by atoms with E-state index in [0.29, 0.717) is 12.1 Å². The second kappa shape index (κ2) is 8.70. The van der Waals surface area contributed by atoms with Crippen molar-refractivity contribution in [1.82, 2.24) is 21.3 Å². The van der Waals surface area contributed by atoms with E-state index in [1.807, 2.05) is 13.8 Å². The lowest BCUT2D eigenvalue weighted by molar-refractivity contribution is -0.253. The Hall–Kier alpha value is -0.660. The fraction of sp³-hybridized carbons (Fsp3) is 0.867. The average Bonchev–Trinajstić information content (AvgIpc) is 2.32. The molecule has 6 nitrogen and oxygen atoms in total. The number of allylic oxidation sites excluding steroid dienone is 1. The van der Waals surface area contributed by atoms with E-state index in [9.17, 15) is 0 Å². The van der Waals surface area contributed by atoms with Crippen LogP contribution in [0, 0.1) is 0 Å². The fourth-order valence-corrected chi connectivity index (χ4v) is 2.22. The second-order valence-electron chi connectivity index (χ2n) is 6.08. The molecule has 21 heavy (non-hydrogen) atoms. The summed E-state index contributed by atoms with van der Waals surface area (Å²) in [5, 5.41) is 13.3. The maximum atomic E-state index is 6.15. The first kappa shape index (κ1) is 18.4. The van der Waals surface area contributed by atoms with Gasteiger partial charge in [-0.3, -0.25) is 16.0 Å². The number of likely N-dealkylation sites (N-methyl/N-ethyl adjacent to an activating group) is 1. The number of nitrogens with one attached hydrogen (secondary N) is 4. The Morgan fingerprint density at radius 1 is 0.952 bits per heavy atom. The monoisotopic (exact) mass is 300 g/mol. The number of hydrogen-bond donors (Lipinski definition) is 4. The number of ether oxygens (including phenoxy) is 2. The lowest BCUT2D eigenvalue weighted by atomic mass is 10.2. The van der Waals surface area contributed by atoms with E-state index in [-0.39, 0.29) is 24.9 Å². The van der Waals surface area contributed by atoms with Gasteiger partial charge < -0.3 is 14.8 Å². The van der Waals surface area contributed by atoms with Crippen LogP contribution in [0.2, 0.25) is 0 Å². The Morgan fingerprint density at radius 3 is 1.81 bits per heavy atom. The van der Waals surface area contributed by atoms with Crippen molar-refractivity contribution in [2.45, 2.75) is 78.5 Å².